The molecule has 7 heteroatoms. The van der Waals surface area contributed by atoms with Gasteiger partial charge in [-0.1, -0.05) is 24.3 Å². The fourth-order valence-electron chi connectivity index (χ4n) is 2.68. The quantitative estimate of drug-likeness (QED) is 0.861. The summed E-state index contributed by atoms with van der Waals surface area (Å²) in [6, 6.07) is 12.5. The van der Waals surface area contributed by atoms with Gasteiger partial charge in [-0.05, 0) is 37.2 Å². The molecule has 0 spiro atoms. The number of hydrogen-bond acceptors (Lipinski definition) is 5. The molecule has 0 bridgehead atoms. The number of ether oxygens (including phenoxy) is 2. The van der Waals surface area contributed by atoms with E-state index in [-0.39, 0.29) is 19.2 Å². The fraction of sp³-hybridized carbons (Fsp3) is 0.263. The third-order valence-corrected chi connectivity index (χ3v) is 4.00. The van der Waals surface area contributed by atoms with Gasteiger partial charge in [-0.15, -0.1) is 0 Å². The Morgan fingerprint density at radius 3 is 2.69 bits per heavy atom. The van der Waals surface area contributed by atoms with Gasteiger partial charge in [0.05, 0.1) is 6.54 Å². The zero-order chi connectivity index (χ0) is 18.5. The van der Waals surface area contributed by atoms with Crippen molar-refractivity contribution in [3.8, 4) is 11.5 Å². The van der Waals surface area contributed by atoms with E-state index in [0.29, 0.717) is 23.7 Å². The number of anilines is 1. The first-order valence-corrected chi connectivity index (χ1v) is 8.25. The van der Waals surface area contributed by atoms with Gasteiger partial charge in [0.25, 0.3) is 0 Å². The second kappa shape index (κ2) is 7.88. The highest BCUT2D eigenvalue weighted by Crippen LogP contribution is 2.34. The van der Waals surface area contributed by atoms with Crippen LogP contribution in [0.2, 0.25) is 0 Å². The number of nitrogens with zero attached hydrogens (tertiary/aromatic N) is 1. The smallest absolute Gasteiger partial charge is 0.325 e. The number of likely N-dealkylation sites (N-methyl/N-ethyl adjacent to an activating group) is 1. The standard InChI is InChI=1S/C19H21N3O4/c1-13-5-3-4-6-14(13)10-22(2)11-18(23)21-19(24)20-15-7-8-16-17(9-15)26-12-25-16/h3-9H,10-12H2,1-2H3,(H2,20,21,23,24). The van der Waals surface area contributed by atoms with Gasteiger partial charge in [0.1, 0.15) is 0 Å². The molecule has 2 N–H and O–H groups in total. The average Bonchev–Trinajstić information content (AvgIpc) is 3.04. The van der Waals surface area contributed by atoms with Crippen molar-refractivity contribution in [2.75, 3.05) is 25.7 Å². The van der Waals surface area contributed by atoms with E-state index in [4.69, 9.17) is 9.47 Å². The molecule has 0 fully saturated rings. The van der Waals surface area contributed by atoms with Crippen LogP contribution in [0.3, 0.4) is 0 Å². The minimum absolute atomic E-state index is 0.114. The number of amides is 3. The van der Waals surface area contributed by atoms with Crippen molar-refractivity contribution in [1.82, 2.24) is 10.2 Å². The van der Waals surface area contributed by atoms with E-state index >= 15 is 0 Å². The number of urea groups is 1. The molecule has 2 aromatic rings. The summed E-state index contributed by atoms with van der Waals surface area (Å²) in [7, 11) is 1.84. The van der Waals surface area contributed by atoms with E-state index in [2.05, 4.69) is 10.6 Å². The molecule has 0 saturated carbocycles. The molecule has 0 unspecified atom stereocenters. The van der Waals surface area contributed by atoms with Crippen LogP contribution in [-0.4, -0.2) is 37.2 Å². The number of imide groups is 1. The maximum Gasteiger partial charge on any atom is 0.325 e. The Morgan fingerprint density at radius 2 is 1.88 bits per heavy atom. The lowest BCUT2D eigenvalue weighted by Gasteiger charge is -2.17. The highest BCUT2D eigenvalue weighted by molar-refractivity contribution is 6.01. The SMILES string of the molecule is Cc1ccccc1CN(C)CC(=O)NC(=O)Nc1ccc2c(c1)OCO2. The van der Waals surface area contributed by atoms with Crippen LogP contribution in [0, 0.1) is 6.92 Å². The summed E-state index contributed by atoms with van der Waals surface area (Å²) in [4.78, 5) is 25.9. The van der Waals surface area contributed by atoms with Crippen LogP contribution >= 0.6 is 0 Å². The van der Waals surface area contributed by atoms with Crippen molar-refractivity contribution in [2.45, 2.75) is 13.5 Å². The molecule has 0 radical (unpaired) electrons. The monoisotopic (exact) mass is 355 g/mol. The van der Waals surface area contributed by atoms with Crippen molar-refractivity contribution in [3.63, 3.8) is 0 Å². The average molecular weight is 355 g/mol. The molecule has 1 heterocycles. The molecular weight excluding hydrogens is 334 g/mol. The van der Waals surface area contributed by atoms with Gasteiger partial charge in [0.2, 0.25) is 12.7 Å². The number of benzene rings is 2. The summed E-state index contributed by atoms with van der Waals surface area (Å²) in [5.74, 6) is 0.816. The summed E-state index contributed by atoms with van der Waals surface area (Å²) in [6.07, 6.45) is 0. The number of carbonyl (C=O) groups is 2. The number of fused-ring (bicyclic) bond motifs is 1. The van der Waals surface area contributed by atoms with Crippen LogP contribution in [0.25, 0.3) is 0 Å². The van der Waals surface area contributed by atoms with Crippen LogP contribution in [-0.2, 0) is 11.3 Å². The first-order valence-electron chi connectivity index (χ1n) is 8.25. The van der Waals surface area contributed by atoms with E-state index in [1.807, 2.05) is 43.1 Å². The van der Waals surface area contributed by atoms with E-state index in [1.54, 1.807) is 18.2 Å². The molecule has 0 saturated heterocycles. The predicted molar refractivity (Wildman–Crippen MR) is 97.2 cm³/mol. The van der Waals surface area contributed by atoms with E-state index in [9.17, 15) is 9.59 Å². The van der Waals surface area contributed by atoms with E-state index in [1.165, 1.54) is 5.56 Å². The highest BCUT2D eigenvalue weighted by Gasteiger charge is 2.15. The molecule has 7 nitrogen and oxygen atoms in total. The molecule has 0 aliphatic carbocycles. The molecule has 0 atom stereocenters. The Hall–Kier alpha value is -3.06. The fourth-order valence-corrected chi connectivity index (χ4v) is 2.68. The summed E-state index contributed by atoms with van der Waals surface area (Å²) >= 11 is 0. The lowest BCUT2D eigenvalue weighted by molar-refractivity contribution is -0.120. The maximum atomic E-state index is 12.1. The summed E-state index contributed by atoms with van der Waals surface area (Å²) in [5.41, 5.74) is 2.83. The molecule has 3 rings (SSSR count). The second-order valence-corrected chi connectivity index (χ2v) is 6.17. The molecule has 2 aromatic carbocycles. The molecular formula is C19H21N3O4. The molecule has 1 aliphatic heterocycles. The maximum absolute atomic E-state index is 12.1. The minimum Gasteiger partial charge on any atom is -0.454 e. The van der Waals surface area contributed by atoms with Gasteiger partial charge in [-0.25, -0.2) is 4.79 Å². The second-order valence-electron chi connectivity index (χ2n) is 6.17. The first kappa shape index (κ1) is 17.8. The van der Waals surface area contributed by atoms with Crippen LogP contribution < -0.4 is 20.1 Å². The molecule has 0 aromatic heterocycles. The van der Waals surface area contributed by atoms with Crippen molar-refractivity contribution >= 4 is 17.6 Å². The molecule has 1 aliphatic rings. The third-order valence-electron chi connectivity index (χ3n) is 4.00. The van der Waals surface area contributed by atoms with Gasteiger partial charge in [0.15, 0.2) is 11.5 Å². The van der Waals surface area contributed by atoms with Crippen LogP contribution in [0.4, 0.5) is 10.5 Å². The van der Waals surface area contributed by atoms with Crippen molar-refractivity contribution < 1.29 is 19.1 Å². The van der Waals surface area contributed by atoms with Crippen molar-refractivity contribution in [3.05, 3.63) is 53.6 Å². The number of aryl methyl sites for hydroxylation is 1. The van der Waals surface area contributed by atoms with Crippen LogP contribution in [0.15, 0.2) is 42.5 Å². The summed E-state index contributed by atoms with van der Waals surface area (Å²) in [6.45, 7) is 2.94. The van der Waals surface area contributed by atoms with Gasteiger partial charge >= 0.3 is 6.03 Å². The Balaban J connectivity index is 1.48. The number of rotatable bonds is 5. The van der Waals surface area contributed by atoms with Crippen molar-refractivity contribution in [2.24, 2.45) is 0 Å². The Bertz CT molecular complexity index is 822. The van der Waals surface area contributed by atoms with E-state index < -0.39 is 6.03 Å². The van der Waals surface area contributed by atoms with Gasteiger partial charge < -0.3 is 14.8 Å². The number of nitrogens with one attached hydrogen (secondary N) is 2. The van der Waals surface area contributed by atoms with Crippen LogP contribution in [0.5, 0.6) is 11.5 Å². The predicted octanol–water partition coefficient (Wildman–Crippen LogP) is 2.50. The number of hydrogen-bond donors (Lipinski definition) is 2. The first-order chi connectivity index (χ1) is 12.5. The topological polar surface area (TPSA) is 79.9 Å². The number of carbonyl (C=O) groups excluding carboxylic acids is 2. The highest BCUT2D eigenvalue weighted by atomic mass is 16.7. The largest absolute Gasteiger partial charge is 0.454 e. The Labute approximate surface area is 151 Å². The van der Waals surface area contributed by atoms with Gasteiger partial charge in [-0.2, -0.15) is 0 Å². The lowest BCUT2D eigenvalue weighted by atomic mass is 10.1. The Kier molecular flexibility index (Phi) is 5.38. The summed E-state index contributed by atoms with van der Waals surface area (Å²) < 4.78 is 10.5. The van der Waals surface area contributed by atoms with Gasteiger partial charge in [0, 0.05) is 18.3 Å². The summed E-state index contributed by atoms with van der Waals surface area (Å²) in [5, 5.41) is 4.93. The van der Waals surface area contributed by atoms with E-state index in [0.717, 1.165) is 5.56 Å². The minimum atomic E-state index is -0.585. The Morgan fingerprint density at radius 1 is 1.12 bits per heavy atom. The lowest BCUT2D eigenvalue weighted by Crippen LogP contribution is -2.40. The molecule has 26 heavy (non-hydrogen) atoms. The third kappa shape index (κ3) is 4.52. The zero-order valence-electron chi connectivity index (χ0n) is 14.7. The molecule has 136 valence electrons. The normalized spacial score (nSPS) is 12.1. The molecule has 3 amide bonds. The van der Waals surface area contributed by atoms with Gasteiger partial charge in [-0.3, -0.25) is 15.0 Å². The van der Waals surface area contributed by atoms with Crippen molar-refractivity contribution in [1.29, 1.82) is 0 Å². The van der Waals surface area contributed by atoms with Crippen LogP contribution in [0.1, 0.15) is 11.1 Å². The zero-order valence-corrected chi connectivity index (χ0v) is 14.7.